The quantitative estimate of drug-likeness (QED) is 0.920. The van der Waals surface area contributed by atoms with Crippen LogP contribution in [0.25, 0.3) is 0 Å². The predicted octanol–water partition coefficient (Wildman–Crippen LogP) is 2.93. The zero-order valence-corrected chi connectivity index (χ0v) is 12.8. The van der Waals surface area contributed by atoms with E-state index in [0.717, 1.165) is 51.3 Å². The van der Waals surface area contributed by atoms with Gasteiger partial charge in [0.1, 0.15) is 5.75 Å². The first-order valence-electron chi connectivity index (χ1n) is 7.94. The lowest BCUT2D eigenvalue weighted by atomic mass is 10.1. The molecule has 23 heavy (non-hydrogen) atoms. The molecule has 2 fully saturated rings. The van der Waals surface area contributed by atoms with Crippen molar-refractivity contribution in [2.45, 2.75) is 37.7 Å². The summed E-state index contributed by atoms with van der Waals surface area (Å²) >= 11 is 0. The summed E-state index contributed by atoms with van der Waals surface area (Å²) in [5.74, 6) is -0.171. The molecule has 1 N–H and O–H groups in total. The fourth-order valence-corrected chi connectivity index (χ4v) is 3.21. The maximum absolute atomic E-state index is 12.3. The number of anilines is 1. The van der Waals surface area contributed by atoms with Crippen LogP contribution in [0, 0.1) is 0 Å². The first-order chi connectivity index (χ1) is 11.0. The normalized spacial score (nSPS) is 23.3. The Balaban J connectivity index is 1.57. The summed E-state index contributed by atoms with van der Waals surface area (Å²) in [6, 6.07) is 7.03. The minimum absolute atomic E-state index is 0.171. The van der Waals surface area contributed by atoms with Gasteiger partial charge in [0.2, 0.25) is 0 Å². The Labute approximate surface area is 133 Å². The lowest BCUT2D eigenvalue weighted by Crippen LogP contribution is -2.42. The molecule has 7 heteroatoms. The fraction of sp³-hybridized carbons (Fsp3) is 0.625. The van der Waals surface area contributed by atoms with Crippen LogP contribution < -0.4 is 15.0 Å². The van der Waals surface area contributed by atoms with Crippen LogP contribution in [0.3, 0.4) is 0 Å². The van der Waals surface area contributed by atoms with E-state index in [1.165, 1.54) is 12.1 Å². The van der Waals surface area contributed by atoms with Crippen LogP contribution in [0.5, 0.6) is 5.75 Å². The standard InChI is InChI=1S/C16H21F3N2O2/c17-16(18,19)23-15-3-1-2-14(10-15)21-7-4-13(11-21)20-12-5-8-22-9-6-12/h1-3,10,12-13,20H,4-9,11H2/t13-/m0/s1. The average Bonchev–Trinajstić information content (AvgIpc) is 2.95. The van der Waals surface area contributed by atoms with Crippen LogP contribution in [-0.4, -0.2) is 44.7 Å². The molecule has 0 aliphatic carbocycles. The Hall–Kier alpha value is -1.47. The summed E-state index contributed by atoms with van der Waals surface area (Å²) in [4.78, 5) is 2.10. The van der Waals surface area contributed by atoms with Gasteiger partial charge in [-0.2, -0.15) is 0 Å². The number of rotatable bonds is 4. The second-order valence-electron chi connectivity index (χ2n) is 6.03. The van der Waals surface area contributed by atoms with E-state index in [4.69, 9.17) is 4.74 Å². The molecule has 0 unspecified atom stereocenters. The van der Waals surface area contributed by atoms with Gasteiger partial charge in [-0.05, 0) is 31.4 Å². The molecule has 0 saturated carbocycles. The number of nitrogens with one attached hydrogen (secondary N) is 1. The van der Waals surface area contributed by atoms with E-state index < -0.39 is 6.36 Å². The molecule has 0 amide bonds. The van der Waals surface area contributed by atoms with Gasteiger partial charge < -0.3 is 19.7 Å². The number of ether oxygens (including phenoxy) is 2. The van der Waals surface area contributed by atoms with E-state index in [2.05, 4.69) is 15.0 Å². The number of halogens is 3. The molecule has 2 heterocycles. The van der Waals surface area contributed by atoms with E-state index in [9.17, 15) is 13.2 Å². The van der Waals surface area contributed by atoms with Gasteiger partial charge in [-0.25, -0.2) is 0 Å². The topological polar surface area (TPSA) is 33.7 Å². The SMILES string of the molecule is FC(F)(F)Oc1cccc(N2CC[C@H](NC3CCOCC3)C2)c1. The van der Waals surface area contributed by atoms with Gasteiger partial charge in [0.05, 0.1) is 0 Å². The Morgan fingerprint density at radius 2 is 1.91 bits per heavy atom. The Morgan fingerprint density at radius 3 is 2.65 bits per heavy atom. The molecule has 1 aromatic carbocycles. The third-order valence-corrected chi connectivity index (χ3v) is 4.30. The number of nitrogens with zero attached hydrogens (tertiary/aromatic N) is 1. The van der Waals surface area contributed by atoms with Gasteiger partial charge in [-0.15, -0.1) is 13.2 Å². The van der Waals surface area contributed by atoms with Crippen molar-refractivity contribution in [1.82, 2.24) is 5.32 Å². The highest BCUT2D eigenvalue weighted by atomic mass is 19.4. The largest absolute Gasteiger partial charge is 0.573 e. The highest BCUT2D eigenvalue weighted by molar-refractivity contribution is 5.51. The number of hydrogen-bond acceptors (Lipinski definition) is 4. The van der Waals surface area contributed by atoms with Crippen molar-refractivity contribution in [2.75, 3.05) is 31.2 Å². The molecule has 1 aromatic rings. The van der Waals surface area contributed by atoms with Gasteiger partial charge in [0.15, 0.2) is 0 Å². The van der Waals surface area contributed by atoms with E-state index in [-0.39, 0.29) is 5.75 Å². The Morgan fingerprint density at radius 1 is 1.13 bits per heavy atom. The third kappa shape index (κ3) is 4.75. The van der Waals surface area contributed by atoms with Crippen LogP contribution in [0.4, 0.5) is 18.9 Å². The summed E-state index contributed by atoms with van der Waals surface area (Å²) in [6.45, 7) is 3.22. The van der Waals surface area contributed by atoms with E-state index in [1.807, 2.05) is 6.07 Å². The summed E-state index contributed by atoms with van der Waals surface area (Å²) in [5, 5.41) is 3.64. The maximum atomic E-state index is 12.3. The predicted molar refractivity (Wildman–Crippen MR) is 80.7 cm³/mol. The molecule has 0 radical (unpaired) electrons. The van der Waals surface area contributed by atoms with Gasteiger partial charge in [-0.1, -0.05) is 6.07 Å². The monoisotopic (exact) mass is 330 g/mol. The second kappa shape index (κ2) is 6.97. The molecule has 2 aliphatic rings. The molecule has 0 aromatic heterocycles. The third-order valence-electron chi connectivity index (χ3n) is 4.30. The highest BCUT2D eigenvalue weighted by Crippen LogP contribution is 2.28. The summed E-state index contributed by atoms with van der Waals surface area (Å²) in [7, 11) is 0. The molecule has 2 aliphatic heterocycles. The first kappa shape index (κ1) is 16.4. The summed E-state index contributed by atoms with van der Waals surface area (Å²) in [6.07, 6.45) is -1.63. The fourth-order valence-electron chi connectivity index (χ4n) is 3.21. The highest BCUT2D eigenvalue weighted by Gasteiger charge is 2.31. The van der Waals surface area contributed by atoms with Crippen molar-refractivity contribution in [3.8, 4) is 5.75 Å². The van der Waals surface area contributed by atoms with Gasteiger partial charge >= 0.3 is 6.36 Å². The number of alkyl halides is 3. The van der Waals surface area contributed by atoms with E-state index in [1.54, 1.807) is 6.07 Å². The minimum Gasteiger partial charge on any atom is -0.406 e. The molecule has 4 nitrogen and oxygen atoms in total. The van der Waals surface area contributed by atoms with Crippen LogP contribution in [0.15, 0.2) is 24.3 Å². The van der Waals surface area contributed by atoms with Gasteiger partial charge in [0.25, 0.3) is 0 Å². The maximum Gasteiger partial charge on any atom is 0.573 e. The first-order valence-corrected chi connectivity index (χ1v) is 7.94. The lowest BCUT2D eigenvalue weighted by molar-refractivity contribution is -0.274. The zero-order chi connectivity index (χ0) is 16.3. The summed E-state index contributed by atoms with van der Waals surface area (Å²) < 4.78 is 46.3. The zero-order valence-electron chi connectivity index (χ0n) is 12.8. The van der Waals surface area contributed by atoms with Crippen molar-refractivity contribution in [2.24, 2.45) is 0 Å². The van der Waals surface area contributed by atoms with E-state index in [0.29, 0.717) is 12.1 Å². The molecule has 1 atom stereocenters. The van der Waals surface area contributed by atoms with Gasteiger partial charge in [0, 0.05) is 50.1 Å². The van der Waals surface area contributed by atoms with Crippen molar-refractivity contribution in [3.05, 3.63) is 24.3 Å². The molecule has 2 saturated heterocycles. The summed E-state index contributed by atoms with van der Waals surface area (Å²) in [5.41, 5.74) is 0.767. The van der Waals surface area contributed by atoms with Crippen LogP contribution in [-0.2, 0) is 4.74 Å². The number of benzene rings is 1. The van der Waals surface area contributed by atoms with E-state index >= 15 is 0 Å². The molecular weight excluding hydrogens is 309 g/mol. The molecule has 0 bridgehead atoms. The average molecular weight is 330 g/mol. The molecule has 128 valence electrons. The van der Waals surface area contributed by atoms with Crippen molar-refractivity contribution in [1.29, 1.82) is 0 Å². The Bertz CT molecular complexity index is 518. The van der Waals surface area contributed by atoms with Crippen LogP contribution >= 0.6 is 0 Å². The van der Waals surface area contributed by atoms with Crippen molar-refractivity contribution >= 4 is 5.69 Å². The number of hydrogen-bond donors (Lipinski definition) is 1. The van der Waals surface area contributed by atoms with Crippen molar-refractivity contribution < 1.29 is 22.6 Å². The Kier molecular flexibility index (Phi) is 4.96. The van der Waals surface area contributed by atoms with Crippen LogP contribution in [0.2, 0.25) is 0 Å². The smallest absolute Gasteiger partial charge is 0.406 e. The molecule has 0 spiro atoms. The second-order valence-corrected chi connectivity index (χ2v) is 6.03. The van der Waals surface area contributed by atoms with Crippen LogP contribution in [0.1, 0.15) is 19.3 Å². The van der Waals surface area contributed by atoms with Crippen molar-refractivity contribution in [3.63, 3.8) is 0 Å². The minimum atomic E-state index is -4.66. The lowest BCUT2D eigenvalue weighted by Gasteiger charge is -2.27. The molecule has 3 rings (SSSR count). The van der Waals surface area contributed by atoms with Gasteiger partial charge in [-0.3, -0.25) is 0 Å². The molecular formula is C16H21F3N2O2.